The van der Waals surface area contributed by atoms with Crippen LogP contribution < -0.4 is 5.32 Å². The van der Waals surface area contributed by atoms with Gasteiger partial charge in [0.2, 0.25) is 0 Å². The van der Waals surface area contributed by atoms with E-state index in [1.807, 2.05) is 6.92 Å². The van der Waals surface area contributed by atoms with Gasteiger partial charge in [0.05, 0.1) is 6.61 Å². The van der Waals surface area contributed by atoms with E-state index in [-0.39, 0.29) is 6.09 Å². The van der Waals surface area contributed by atoms with E-state index >= 15 is 0 Å². The number of ether oxygens (including phenoxy) is 1. The van der Waals surface area contributed by atoms with Crippen LogP contribution in [-0.4, -0.2) is 43.3 Å². The molecule has 1 atom stereocenters. The van der Waals surface area contributed by atoms with Crippen molar-refractivity contribution in [1.82, 2.24) is 10.2 Å². The molecule has 1 amide bonds. The molecule has 1 fully saturated rings. The van der Waals surface area contributed by atoms with Crippen LogP contribution in [0.3, 0.4) is 0 Å². The van der Waals surface area contributed by atoms with E-state index in [1.54, 1.807) is 0 Å². The first-order chi connectivity index (χ1) is 8.15. The van der Waals surface area contributed by atoms with Gasteiger partial charge in [-0.3, -0.25) is 4.90 Å². The van der Waals surface area contributed by atoms with Crippen molar-refractivity contribution in [2.45, 2.75) is 46.1 Å². The molecule has 4 heteroatoms. The van der Waals surface area contributed by atoms with Gasteiger partial charge in [-0.15, -0.1) is 0 Å². The molecule has 0 saturated carbocycles. The number of rotatable bonds is 6. The van der Waals surface area contributed by atoms with Gasteiger partial charge in [0.25, 0.3) is 0 Å². The largest absolute Gasteiger partial charge is 0.450 e. The van der Waals surface area contributed by atoms with Gasteiger partial charge >= 0.3 is 6.09 Å². The Balaban J connectivity index is 2.31. The third-order valence-corrected chi connectivity index (χ3v) is 3.27. The number of hydrogen-bond donors (Lipinski definition) is 1. The molecule has 1 aliphatic rings. The summed E-state index contributed by atoms with van der Waals surface area (Å²) in [5, 5.41) is 2.87. The lowest BCUT2D eigenvalue weighted by molar-refractivity contribution is 0.135. The molecule has 1 saturated heterocycles. The fourth-order valence-corrected chi connectivity index (χ4v) is 2.29. The Bertz CT molecular complexity index is 225. The van der Waals surface area contributed by atoms with E-state index in [0.717, 1.165) is 19.5 Å². The summed E-state index contributed by atoms with van der Waals surface area (Å²) in [6, 6.07) is 0.437. The number of hydrogen-bond acceptors (Lipinski definition) is 3. The summed E-state index contributed by atoms with van der Waals surface area (Å²) >= 11 is 0. The molecule has 0 bridgehead atoms. The Hall–Kier alpha value is -0.770. The number of carbonyl (C=O) groups is 1. The molecule has 0 aromatic heterocycles. The fraction of sp³-hybridized carbons (Fsp3) is 0.923. The molecule has 0 aromatic rings. The maximum Gasteiger partial charge on any atom is 0.407 e. The van der Waals surface area contributed by atoms with Gasteiger partial charge in [0.1, 0.15) is 0 Å². The second-order valence-corrected chi connectivity index (χ2v) is 5.07. The second kappa shape index (κ2) is 7.54. The first kappa shape index (κ1) is 14.3. The lowest BCUT2D eigenvalue weighted by Crippen LogP contribution is -2.45. The van der Waals surface area contributed by atoms with Gasteiger partial charge < -0.3 is 10.1 Å². The maximum absolute atomic E-state index is 11.4. The van der Waals surface area contributed by atoms with Crippen molar-refractivity contribution in [3.05, 3.63) is 0 Å². The maximum atomic E-state index is 11.4. The van der Waals surface area contributed by atoms with E-state index in [9.17, 15) is 4.79 Å². The number of alkyl carbamates (subject to hydrolysis) is 1. The van der Waals surface area contributed by atoms with Crippen LogP contribution in [0.5, 0.6) is 0 Å². The van der Waals surface area contributed by atoms with Crippen molar-refractivity contribution < 1.29 is 9.53 Å². The summed E-state index contributed by atoms with van der Waals surface area (Å²) < 4.78 is 5.02. The Kier molecular flexibility index (Phi) is 6.34. The molecule has 0 aliphatic carbocycles. The highest BCUT2D eigenvalue weighted by Gasteiger charge is 2.24. The zero-order valence-electron chi connectivity index (χ0n) is 11.4. The number of nitrogens with zero attached hydrogens (tertiary/aromatic N) is 1. The first-order valence-corrected chi connectivity index (χ1v) is 6.79. The molecule has 0 radical (unpaired) electrons. The Morgan fingerprint density at radius 2 is 2.00 bits per heavy atom. The van der Waals surface area contributed by atoms with Crippen LogP contribution >= 0.6 is 0 Å². The van der Waals surface area contributed by atoms with Gasteiger partial charge in [-0.25, -0.2) is 4.79 Å². The molecule has 1 unspecified atom stereocenters. The molecule has 1 aliphatic heterocycles. The SMILES string of the molecule is CCCOC(=O)NCC(C(C)C)N1CCCC1. The highest BCUT2D eigenvalue weighted by molar-refractivity contribution is 5.67. The van der Waals surface area contributed by atoms with Gasteiger partial charge in [-0.2, -0.15) is 0 Å². The molecule has 100 valence electrons. The minimum atomic E-state index is -0.281. The van der Waals surface area contributed by atoms with Crippen LogP contribution in [0, 0.1) is 5.92 Å². The third kappa shape index (κ3) is 4.94. The third-order valence-electron chi connectivity index (χ3n) is 3.27. The predicted molar refractivity (Wildman–Crippen MR) is 69.1 cm³/mol. The molecule has 4 nitrogen and oxygen atoms in total. The van der Waals surface area contributed by atoms with Crippen molar-refractivity contribution in [3.8, 4) is 0 Å². The van der Waals surface area contributed by atoms with Crippen molar-refractivity contribution >= 4 is 6.09 Å². The minimum absolute atomic E-state index is 0.281. The summed E-state index contributed by atoms with van der Waals surface area (Å²) in [5.74, 6) is 0.555. The fourth-order valence-electron chi connectivity index (χ4n) is 2.29. The Morgan fingerprint density at radius 1 is 1.35 bits per heavy atom. The van der Waals surface area contributed by atoms with E-state index < -0.39 is 0 Å². The molecule has 0 spiro atoms. The molecular formula is C13H26N2O2. The van der Waals surface area contributed by atoms with Crippen LogP contribution in [0.25, 0.3) is 0 Å². The average molecular weight is 242 g/mol. The number of likely N-dealkylation sites (tertiary alicyclic amines) is 1. The molecule has 0 aromatic carbocycles. The zero-order valence-corrected chi connectivity index (χ0v) is 11.4. The van der Waals surface area contributed by atoms with Gasteiger partial charge in [0.15, 0.2) is 0 Å². The van der Waals surface area contributed by atoms with Gasteiger partial charge in [-0.1, -0.05) is 20.8 Å². The Labute approximate surface area is 105 Å². The van der Waals surface area contributed by atoms with Crippen LogP contribution in [0.15, 0.2) is 0 Å². The molecule has 1 N–H and O–H groups in total. The first-order valence-electron chi connectivity index (χ1n) is 6.79. The standard InChI is InChI=1S/C13H26N2O2/c1-4-9-17-13(16)14-10-12(11(2)3)15-7-5-6-8-15/h11-12H,4-10H2,1-3H3,(H,14,16). The van der Waals surface area contributed by atoms with E-state index in [0.29, 0.717) is 25.1 Å². The van der Waals surface area contributed by atoms with E-state index in [2.05, 4.69) is 24.1 Å². The van der Waals surface area contributed by atoms with Crippen molar-refractivity contribution in [1.29, 1.82) is 0 Å². The van der Waals surface area contributed by atoms with Crippen LogP contribution in [0.4, 0.5) is 4.79 Å². The summed E-state index contributed by atoms with van der Waals surface area (Å²) in [4.78, 5) is 13.9. The summed E-state index contributed by atoms with van der Waals surface area (Å²) in [7, 11) is 0. The van der Waals surface area contributed by atoms with Crippen LogP contribution in [0.1, 0.15) is 40.0 Å². The minimum Gasteiger partial charge on any atom is -0.450 e. The highest BCUT2D eigenvalue weighted by atomic mass is 16.5. The summed E-state index contributed by atoms with van der Waals surface area (Å²) in [6.07, 6.45) is 3.15. The molecule has 1 heterocycles. The lowest BCUT2D eigenvalue weighted by atomic mass is 10.0. The quantitative estimate of drug-likeness (QED) is 0.776. The Morgan fingerprint density at radius 3 is 2.53 bits per heavy atom. The highest BCUT2D eigenvalue weighted by Crippen LogP contribution is 2.17. The van der Waals surface area contributed by atoms with Gasteiger partial charge in [0, 0.05) is 12.6 Å². The lowest BCUT2D eigenvalue weighted by Gasteiger charge is -2.30. The van der Waals surface area contributed by atoms with E-state index in [4.69, 9.17) is 4.74 Å². The van der Waals surface area contributed by atoms with Crippen LogP contribution in [-0.2, 0) is 4.74 Å². The van der Waals surface area contributed by atoms with Crippen molar-refractivity contribution in [2.75, 3.05) is 26.2 Å². The number of nitrogens with one attached hydrogen (secondary N) is 1. The van der Waals surface area contributed by atoms with E-state index in [1.165, 1.54) is 12.8 Å². The normalized spacial score (nSPS) is 18.4. The predicted octanol–water partition coefficient (Wildman–Crippen LogP) is 2.24. The molecule has 17 heavy (non-hydrogen) atoms. The average Bonchev–Trinajstić information content (AvgIpc) is 2.79. The second-order valence-electron chi connectivity index (χ2n) is 5.07. The smallest absolute Gasteiger partial charge is 0.407 e. The topological polar surface area (TPSA) is 41.6 Å². The van der Waals surface area contributed by atoms with Crippen LogP contribution in [0.2, 0.25) is 0 Å². The van der Waals surface area contributed by atoms with Crippen molar-refractivity contribution in [3.63, 3.8) is 0 Å². The number of carbonyl (C=O) groups excluding carboxylic acids is 1. The van der Waals surface area contributed by atoms with Gasteiger partial charge in [-0.05, 0) is 38.3 Å². The molecule has 1 rings (SSSR count). The summed E-state index contributed by atoms with van der Waals surface area (Å²) in [6.45, 7) is 9.93. The summed E-state index contributed by atoms with van der Waals surface area (Å²) in [5.41, 5.74) is 0. The van der Waals surface area contributed by atoms with Crippen molar-refractivity contribution in [2.24, 2.45) is 5.92 Å². The number of amides is 1. The molecular weight excluding hydrogens is 216 g/mol. The zero-order chi connectivity index (χ0) is 12.7. The monoisotopic (exact) mass is 242 g/mol.